The Morgan fingerprint density at radius 1 is 1.17 bits per heavy atom. The Balaban J connectivity index is 1.53. The first-order chi connectivity index (χ1) is 11.7. The normalized spacial score (nSPS) is 26.0. The minimum atomic E-state index is -0.535. The highest BCUT2D eigenvalue weighted by molar-refractivity contribution is 5.91. The number of nitrogens with one attached hydrogen (secondary N) is 2. The van der Waals surface area contributed by atoms with Crippen molar-refractivity contribution in [3.05, 3.63) is 42.5 Å². The molecule has 1 aliphatic carbocycles. The molecule has 0 spiro atoms. The van der Waals surface area contributed by atoms with Crippen LogP contribution in [0.1, 0.15) is 19.3 Å². The molecule has 1 aromatic rings. The number of carbonyl (C=O) groups excluding carboxylic acids is 2. The Bertz CT molecular complexity index is 613. The highest BCUT2D eigenvalue weighted by Crippen LogP contribution is 2.29. The SMILES string of the molecule is O=C(C[C@@H]1C=C[C@@H](NC(=O)C2CC2)[C@H](CO)O1)Nc1ccccc1. The third-order valence-electron chi connectivity index (χ3n) is 4.16. The molecule has 1 aromatic carbocycles. The number of aliphatic hydroxyl groups is 1. The van der Waals surface area contributed by atoms with Crippen LogP contribution in [0.3, 0.4) is 0 Å². The van der Waals surface area contributed by atoms with E-state index in [4.69, 9.17) is 4.74 Å². The predicted molar refractivity (Wildman–Crippen MR) is 89.2 cm³/mol. The van der Waals surface area contributed by atoms with E-state index in [0.29, 0.717) is 0 Å². The van der Waals surface area contributed by atoms with Gasteiger partial charge < -0.3 is 20.5 Å². The summed E-state index contributed by atoms with van der Waals surface area (Å²) in [7, 11) is 0. The van der Waals surface area contributed by atoms with Gasteiger partial charge in [0.05, 0.1) is 25.2 Å². The fraction of sp³-hybridized carbons (Fsp3) is 0.444. The van der Waals surface area contributed by atoms with Crippen molar-refractivity contribution < 1.29 is 19.4 Å². The zero-order valence-electron chi connectivity index (χ0n) is 13.4. The molecule has 3 atom stereocenters. The van der Waals surface area contributed by atoms with E-state index in [9.17, 15) is 14.7 Å². The van der Waals surface area contributed by atoms with Crippen LogP contribution in [0.5, 0.6) is 0 Å². The van der Waals surface area contributed by atoms with E-state index in [0.717, 1.165) is 18.5 Å². The minimum absolute atomic E-state index is 0.00645. The molecule has 2 aliphatic rings. The second-order valence-electron chi connectivity index (χ2n) is 6.21. The molecule has 0 saturated heterocycles. The first-order valence-electron chi connectivity index (χ1n) is 8.25. The van der Waals surface area contributed by atoms with Gasteiger partial charge in [0.15, 0.2) is 0 Å². The van der Waals surface area contributed by atoms with Gasteiger partial charge in [0, 0.05) is 11.6 Å². The lowest BCUT2D eigenvalue weighted by Gasteiger charge is -2.31. The number of carbonyl (C=O) groups is 2. The van der Waals surface area contributed by atoms with E-state index in [1.807, 2.05) is 36.4 Å². The Kier molecular flexibility index (Phi) is 5.27. The molecule has 3 N–H and O–H groups in total. The Labute approximate surface area is 140 Å². The lowest BCUT2D eigenvalue weighted by Crippen LogP contribution is -2.49. The maximum absolute atomic E-state index is 12.1. The topological polar surface area (TPSA) is 87.7 Å². The average Bonchev–Trinajstić information content (AvgIpc) is 3.42. The summed E-state index contributed by atoms with van der Waals surface area (Å²) in [5.74, 6) is -0.0490. The number of rotatable bonds is 6. The summed E-state index contributed by atoms with van der Waals surface area (Å²) in [4.78, 5) is 23.9. The summed E-state index contributed by atoms with van der Waals surface area (Å²) in [5, 5.41) is 15.2. The Morgan fingerprint density at radius 2 is 1.92 bits per heavy atom. The van der Waals surface area contributed by atoms with Gasteiger partial charge in [0.25, 0.3) is 0 Å². The summed E-state index contributed by atoms with van der Waals surface area (Å²) in [6.45, 7) is -0.212. The quantitative estimate of drug-likeness (QED) is 0.685. The van der Waals surface area contributed by atoms with E-state index in [1.54, 1.807) is 6.08 Å². The second-order valence-corrected chi connectivity index (χ2v) is 6.21. The third-order valence-corrected chi connectivity index (χ3v) is 4.16. The van der Waals surface area contributed by atoms with E-state index >= 15 is 0 Å². The van der Waals surface area contributed by atoms with Crippen LogP contribution in [0.25, 0.3) is 0 Å². The number of aliphatic hydroxyl groups excluding tert-OH is 1. The van der Waals surface area contributed by atoms with Crippen molar-refractivity contribution >= 4 is 17.5 Å². The van der Waals surface area contributed by atoms with Gasteiger partial charge in [-0.25, -0.2) is 0 Å². The molecule has 0 aromatic heterocycles. The van der Waals surface area contributed by atoms with Gasteiger partial charge in [-0.2, -0.15) is 0 Å². The summed E-state index contributed by atoms with van der Waals surface area (Å²) in [5.41, 5.74) is 0.732. The van der Waals surface area contributed by atoms with E-state index in [-0.39, 0.29) is 36.8 Å². The molecule has 1 aliphatic heterocycles. The average molecular weight is 330 g/mol. The molecule has 1 heterocycles. The molecular formula is C18H22N2O4. The van der Waals surface area contributed by atoms with Crippen molar-refractivity contribution in [2.45, 2.75) is 37.5 Å². The van der Waals surface area contributed by atoms with E-state index in [1.165, 1.54) is 0 Å². The molecule has 1 saturated carbocycles. The zero-order valence-corrected chi connectivity index (χ0v) is 13.4. The lowest BCUT2D eigenvalue weighted by molar-refractivity contribution is -0.126. The van der Waals surface area contributed by atoms with Crippen molar-refractivity contribution in [2.24, 2.45) is 5.92 Å². The first-order valence-corrected chi connectivity index (χ1v) is 8.25. The van der Waals surface area contributed by atoms with Crippen LogP contribution in [0.2, 0.25) is 0 Å². The van der Waals surface area contributed by atoms with Crippen molar-refractivity contribution in [1.82, 2.24) is 5.32 Å². The number of benzene rings is 1. The zero-order chi connectivity index (χ0) is 16.9. The molecule has 0 radical (unpaired) electrons. The van der Waals surface area contributed by atoms with Gasteiger partial charge in [0.1, 0.15) is 6.10 Å². The highest BCUT2D eigenvalue weighted by Gasteiger charge is 2.34. The van der Waals surface area contributed by atoms with Crippen molar-refractivity contribution in [3.8, 4) is 0 Å². The van der Waals surface area contributed by atoms with Crippen LogP contribution in [0.4, 0.5) is 5.69 Å². The van der Waals surface area contributed by atoms with E-state index < -0.39 is 12.2 Å². The maximum Gasteiger partial charge on any atom is 0.227 e. The number of ether oxygens (including phenoxy) is 1. The molecule has 2 amide bonds. The van der Waals surface area contributed by atoms with Crippen LogP contribution in [-0.4, -0.2) is 41.8 Å². The van der Waals surface area contributed by atoms with Gasteiger partial charge in [-0.15, -0.1) is 0 Å². The Morgan fingerprint density at radius 3 is 2.58 bits per heavy atom. The number of hydrogen-bond acceptors (Lipinski definition) is 4. The van der Waals surface area contributed by atoms with Crippen LogP contribution >= 0.6 is 0 Å². The second kappa shape index (κ2) is 7.59. The summed E-state index contributed by atoms with van der Waals surface area (Å²) < 4.78 is 5.75. The fourth-order valence-electron chi connectivity index (χ4n) is 2.68. The van der Waals surface area contributed by atoms with E-state index in [2.05, 4.69) is 10.6 Å². The molecule has 3 rings (SSSR count). The molecule has 6 nitrogen and oxygen atoms in total. The lowest BCUT2D eigenvalue weighted by atomic mass is 10.0. The molecule has 128 valence electrons. The van der Waals surface area contributed by atoms with Gasteiger partial charge in [-0.1, -0.05) is 30.4 Å². The standard InChI is InChI=1S/C18H22N2O4/c21-11-16-15(20-18(23)12-6-7-12)9-8-14(24-16)10-17(22)19-13-4-2-1-3-5-13/h1-5,8-9,12,14-16,21H,6-7,10-11H2,(H,19,22)(H,20,23)/t14-,15+,16-/m0/s1. The van der Waals surface area contributed by atoms with Crippen molar-refractivity contribution in [2.75, 3.05) is 11.9 Å². The summed E-state index contributed by atoms with van der Waals surface area (Å²) >= 11 is 0. The molecule has 6 heteroatoms. The van der Waals surface area contributed by atoms with Crippen LogP contribution in [-0.2, 0) is 14.3 Å². The molecule has 24 heavy (non-hydrogen) atoms. The van der Waals surface area contributed by atoms with Gasteiger partial charge in [-0.05, 0) is 25.0 Å². The van der Waals surface area contributed by atoms with Crippen LogP contribution in [0.15, 0.2) is 42.5 Å². The van der Waals surface area contributed by atoms with Crippen molar-refractivity contribution in [1.29, 1.82) is 0 Å². The number of hydrogen-bond donors (Lipinski definition) is 3. The number of anilines is 1. The minimum Gasteiger partial charge on any atom is -0.394 e. The Hall–Kier alpha value is -2.18. The van der Waals surface area contributed by atoms with Crippen LogP contribution < -0.4 is 10.6 Å². The summed E-state index contributed by atoms with van der Waals surface area (Å²) in [6, 6.07) is 8.86. The number of amides is 2. The summed E-state index contributed by atoms with van der Waals surface area (Å²) in [6.07, 6.45) is 4.64. The highest BCUT2D eigenvalue weighted by atomic mass is 16.5. The third kappa shape index (κ3) is 4.43. The first kappa shape index (κ1) is 16.7. The van der Waals surface area contributed by atoms with Crippen molar-refractivity contribution in [3.63, 3.8) is 0 Å². The fourth-order valence-corrected chi connectivity index (χ4v) is 2.68. The smallest absolute Gasteiger partial charge is 0.227 e. The predicted octanol–water partition coefficient (Wildman–Crippen LogP) is 1.23. The largest absolute Gasteiger partial charge is 0.394 e. The monoisotopic (exact) mass is 330 g/mol. The molecule has 0 unspecified atom stereocenters. The van der Waals surface area contributed by atoms with Crippen LogP contribution in [0, 0.1) is 5.92 Å². The molecular weight excluding hydrogens is 308 g/mol. The van der Waals surface area contributed by atoms with Gasteiger partial charge in [0.2, 0.25) is 11.8 Å². The molecule has 0 bridgehead atoms. The molecule has 1 fully saturated rings. The number of para-hydroxylation sites is 1. The van der Waals surface area contributed by atoms with Gasteiger partial charge >= 0.3 is 0 Å². The maximum atomic E-state index is 12.1. The van der Waals surface area contributed by atoms with Gasteiger partial charge in [-0.3, -0.25) is 9.59 Å².